The lowest BCUT2D eigenvalue weighted by molar-refractivity contribution is 0.0368. The SMILES string of the molecule is CC(C)OC(=O)c1cc2ccccc2n1N. The third-order valence-corrected chi connectivity index (χ3v) is 2.30. The summed E-state index contributed by atoms with van der Waals surface area (Å²) in [6, 6.07) is 9.29. The number of hydrogen-bond acceptors (Lipinski definition) is 3. The first-order valence-corrected chi connectivity index (χ1v) is 5.16. The number of aromatic nitrogens is 1. The van der Waals surface area contributed by atoms with E-state index in [9.17, 15) is 4.79 Å². The van der Waals surface area contributed by atoms with Gasteiger partial charge in [0.25, 0.3) is 0 Å². The van der Waals surface area contributed by atoms with Gasteiger partial charge in [-0.25, -0.2) is 4.79 Å². The van der Waals surface area contributed by atoms with E-state index < -0.39 is 5.97 Å². The van der Waals surface area contributed by atoms with Gasteiger partial charge in [-0.15, -0.1) is 0 Å². The zero-order valence-corrected chi connectivity index (χ0v) is 9.31. The van der Waals surface area contributed by atoms with Gasteiger partial charge >= 0.3 is 5.97 Å². The van der Waals surface area contributed by atoms with E-state index in [4.69, 9.17) is 10.6 Å². The maximum atomic E-state index is 11.7. The monoisotopic (exact) mass is 218 g/mol. The highest BCUT2D eigenvalue weighted by Crippen LogP contribution is 2.17. The molecule has 0 aliphatic rings. The number of nitrogens with zero attached hydrogens (tertiary/aromatic N) is 1. The molecule has 0 spiro atoms. The average Bonchev–Trinajstić information content (AvgIpc) is 2.56. The molecule has 2 aromatic rings. The standard InChI is InChI=1S/C12H14N2O2/c1-8(2)16-12(15)11-7-9-5-3-4-6-10(9)14(11)13/h3-8H,13H2,1-2H3. The van der Waals surface area contributed by atoms with Gasteiger partial charge in [0.2, 0.25) is 0 Å². The number of hydrogen-bond donors (Lipinski definition) is 1. The molecule has 2 rings (SSSR count). The molecule has 0 unspecified atom stereocenters. The van der Waals surface area contributed by atoms with Crippen molar-refractivity contribution in [1.82, 2.24) is 4.68 Å². The molecule has 0 fully saturated rings. The summed E-state index contributed by atoms with van der Waals surface area (Å²) in [5.74, 6) is 5.44. The van der Waals surface area contributed by atoms with Crippen LogP contribution in [0.25, 0.3) is 10.9 Å². The van der Waals surface area contributed by atoms with Crippen LogP contribution in [0.1, 0.15) is 24.3 Å². The number of benzene rings is 1. The number of rotatable bonds is 2. The van der Waals surface area contributed by atoms with Crippen molar-refractivity contribution in [3.05, 3.63) is 36.0 Å². The van der Waals surface area contributed by atoms with Crippen LogP contribution in [0, 0.1) is 0 Å². The third kappa shape index (κ3) is 1.74. The molecule has 0 aliphatic heterocycles. The van der Waals surface area contributed by atoms with Gasteiger partial charge in [-0.3, -0.25) is 4.68 Å². The minimum Gasteiger partial charge on any atom is -0.458 e. The summed E-state index contributed by atoms with van der Waals surface area (Å²) in [4.78, 5) is 11.7. The highest BCUT2D eigenvalue weighted by molar-refractivity contribution is 5.95. The molecule has 1 heterocycles. The largest absolute Gasteiger partial charge is 0.458 e. The highest BCUT2D eigenvalue weighted by Gasteiger charge is 2.15. The van der Waals surface area contributed by atoms with Gasteiger partial charge in [0.1, 0.15) is 5.69 Å². The van der Waals surface area contributed by atoms with Gasteiger partial charge in [-0.1, -0.05) is 18.2 Å². The predicted octanol–water partition coefficient (Wildman–Crippen LogP) is 1.92. The first-order chi connectivity index (χ1) is 7.59. The van der Waals surface area contributed by atoms with Crippen LogP contribution in [0.2, 0.25) is 0 Å². The van der Waals surface area contributed by atoms with Crippen LogP contribution in [0.4, 0.5) is 0 Å². The summed E-state index contributed by atoms with van der Waals surface area (Å²) < 4.78 is 6.47. The number of nitrogen functional groups attached to an aromatic ring is 1. The molecule has 16 heavy (non-hydrogen) atoms. The van der Waals surface area contributed by atoms with Crippen molar-refractivity contribution in [2.24, 2.45) is 0 Å². The number of ether oxygens (including phenoxy) is 1. The van der Waals surface area contributed by atoms with E-state index in [-0.39, 0.29) is 6.10 Å². The quantitative estimate of drug-likeness (QED) is 0.619. The molecule has 4 nitrogen and oxygen atoms in total. The predicted molar refractivity (Wildman–Crippen MR) is 62.6 cm³/mol. The van der Waals surface area contributed by atoms with E-state index >= 15 is 0 Å². The fourth-order valence-corrected chi connectivity index (χ4v) is 1.61. The van der Waals surface area contributed by atoms with Gasteiger partial charge in [-0.05, 0) is 26.0 Å². The number of carbonyl (C=O) groups is 1. The molecule has 0 bridgehead atoms. The number of carbonyl (C=O) groups excluding carboxylic acids is 1. The molecule has 0 saturated carbocycles. The second-order valence-electron chi connectivity index (χ2n) is 3.91. The third-order valence-electron chi connectivity index (χ3n) is 2.30. The smallest absolute Gasteiger partial charge is 0.357 e. The van der Waals surface area contributed by atoms with Crippen LogP contribution in [-0.2, 0) is 4.74 Å². The van der Waals surface area contributed by atoms with Crippen LogP contribution in [-0.4, -0.2) is 16.7 Å². The van der Waals surface area contributed by atoms with Gasteiger partial charge < -0.3 is 10.6 Å². The van der Waals surface area contributed by atoms with Gasteiger partial charge in [-0.2, -0.15) is 0 Å². The van der Waals surface area contributed by atoms with Crippen molar-refractivity contribution in [3.63, 3.8) is 0 Å². The van der Waals surface area contributed by atoms with Crippen molar-refractivity contribution in [1.29, 1.82) is 0 Å². The fourth-order valence-electron chi connectivity index (χ4n) is 1.61. The average molecular weight is 218 g/mol. The maximum absolute atomic E-state index is 11.7. The Bertz CT molecular complexity index is 529. The summed E-state index contributed by atoms with van der Waals surface area (Å²) in [6.45, 7) is 3.61. The second kappa shape index (κ2) is 3.89. The van der Waals surface area contributed by atoms with Crippen molar-refractivity contribution < 1.29 is 9.53 Å². The van der Waals surface area contributed by atoms with E-state index in [1.54, 1.807) is 19.9 Å². The van der Waals surface area contributed by atoms with Crippen molar-refractivity contribution in [3.8, 4) is 0 Å². The molecule has 84 valence electrons. The molecule has 4 heteroatoms. The van der Waals surface area contributed by atoms with E-state index in [1.807, 2.05) is 24.3 Å². The number of nitrogens with two attached hydrogens (primary N) is 1. The highest BCUT2D eigenvalue weighted by atomic mass is 16.5. The molecular weight excluding hydrogens is 204 g/mol. The summed E-state index contributed by atoms with van der Waals surface area (Å²) in [5.41, 5.74) is 1.19. The van der Waals surface area contributed by atoms with Crippen molar-refractivity contribution in [2.75, 3.05) is 5.84 Å². The molecule has 0 radical (unpaired) electrons. The molecule has 0 aliphatic carbocycles. The molecule has 0 amide bonds. The topological polar surface area (TPSA) is 57.2 Å². The Balaban J connectivity index is 2.45. The fraction of sp³-hybridized carbons (Fsp3) is 0.250. The van der Waals surface area contributed by atoms with Crippen LogP contribution in [0.3, 0.4) is 0 Å². The van der Waals surface area contributed by atoms with Gasteiger partial charge in [0.15, 0.2) is 0 Å². The Kier molecular flexibility index (Phi) is 2.56. The summed E-state index contributed by atoms with van der Waals surface area (Å²) in [5, 5.41) is 0.931. The molecule has 0 saturated heterocycles. The number of fused-ring (bicyclic) bond motifs is 1. The van der Waals surface area contributed by atoms with Gasteiger partial charge in [0.05, 0.1) is 11.6 Å². The minimum absolute atomic E-state index is 0.148. The van der Waals surface area contributed by atoms with Crippen molar-refractivity contribution in [2.45, 2.75) is 20.0 Å². The lowest BCUT2D eigenvalue weighted by Gasteiger charge is -2.08. The maximum Gasteiger partial charge on any atom is 0.357 e. The van der Waals surface area contributed by atoms with E-state index in [1.165, 1.54) is 4.68 Å². The molecule has 0 atom stereocenters. The van der Waals surface area contributed by atoms with Crippen molar-refractivity contribution >= 4 is 16.9 Å². The van der Waals surface area contributed by atoms with Crippen LogP contribution in [0.15, 0.2) is 30.3 Å². The number of esters is 1. The zero-order chi connectivity index (χ0) is 11.7. The lowest BCUT2D eigenvalue weighted by Crippen LogP contribution is -2.20. The normalized spacial score (nSPS) is 10.9. The Morgan fingerprint density at radius 3 is 2.69 bits per heavy atom. The van der Waals surface area contributed by atoms with Gasteiger partial charge in [0, 0.05) is 5.39 Å². The summed E-state index contributed by atoms with van der Waals surface area (Å²) >= 11 is 0. The summed E-state index contributed by atoms with van der Waals surface area (Å²) in [7, 11) is 0. The second-order valence-corrected chi connectivity index (χ2v) is 3.91. The lowest BCUT2D eigenvalue weighted by atomic mass is 10.2. The molecule has 1 aromatic heterocycles. The summed E-state index contributed by atoms with van der Waals surface area (Å²) in [6.07, 6.45) is -0.148. The minimum atomic E-state index is -0.395. The molecule has 1 aromatic carbocycles. The first kappa shape index (κ1) is 10.5. The zero-order valence-electron chi connectivity index (χ0n) is 9.31. The van der Waals surface area contributed by atoms with Crippen LogP contribution >= 0.6 is 0 Å². The molecular formula is C12H14N2O2. The Morgan fingerprint density at radius 2 is 2.06 bits per heavy atom. The Hall–Kier alpha value is -1.97. The Labute approximate surface area is 93.6 Å². The number of para-hydroxylation sites is 1. The van der Waals surface area contributed by atoms with Crippen LogP contribution in [0.5, 0.6) is 0 Å². The van der Waals surface area contributed by atoms with E-state index in [2.05, 4.69) is 0 Å². The first-order valence-electron chi connectivity index (χ1n) is 5.16. The van der Waals surface area contributed by atoms with E-state index in [0.717, 1.165) is 10.9 Å². The molecule has 2 N–H and O–H groups in total. The Morgan fingerprint density at radius 1 is 1.38 bits per heavy atom. The van der Waals surface area contributed by atoms with E-state index in [0.29, 0.717) is 5.69 Å². The van der Waals surface area contributed by atoms with Crippen LogP contribution < -0.4 is 5.84 Å².